The van der Waals surface area contributed by atoms with Crippen LogP contribution in [0.2, 0.25) is 0 Å². The molecule has 0 unspecified atom stereocenters. The zero-order valence-corrected chi connectivity index (χ0v) is 11.9. The van der Waals surface area contributed by atoms with Gasteiger partial charge in [-0.2, -0.15) is 26.3 Å². The maximum Gasteiger partial charge on any atom is 0.243 e. The average molecular weight is 291 g/mol. The van der Waals surface area contributed by atoms with E-state index >= 15 is 0 Å². The summed E-state index contributed by atoms with van der Waals surface area (Å²) >= 11 is 1.67. The van der Waals surface area contributed by atoms with Crippen LogP contribution in [-0.4, -0.2) is 28.0 Å². The van der Waals surface area contributed by atoms with E-state index in [0.717, 1.165) is 13.1 Å². The average Bonchev–Trinajstić information content (AvgIpc) is 3.17. The zero-order chi connectivity index (χ0) is 13.8. The van der Waals surface area contributed by atoms with Gasteiger partial charge in [0.15, 0.2) is 0 Å². The normalized spacial score (nSPS) is 14.6. The Morgan fingerprint density at radius 1 is 1.20 bits per heavy atom. The summed E-state index contributed by atoms with van der Waals surface area (Å²) in [4.78, 5) is 15.2. The molecule has 0 amide bonds. The first kappa shape index (κ1) is 13.1. The summed E-state index contributed by atoms with van der Waals surface area (Å²) in [6.45, 7) is 2.66. The minimum Gasteiger partial charge on any atom is -0.350 e. The number of aromatic nitrogens is 3. The molecule has 20 heavy (non-hydrogen) atoms. The van der Waals surface area contributed by atoms with Gasteiger partial charge < -0.3 is 10.2 Å². The van der Waals surface area contributed by atoms with Gasteiger partial charge in [0.2, 0.25) is 17.8 Å². The van der Waals surface area contributed by atoms with E-state index < -0.39 is 0 Å². The van der Waals surface area contributed by atoms with E-state index in [1.54, 1.807) is 11.3 Å². The van der Waals surface area contributed by atoms with E-state index in [-0.39, 0.29) is 0 Å². The Morgan fingerprint density at radius 2 is 2.00 bits per heavy atom. The summed E-state index contributed by atoms with van der Waals surface area (Å²) in [7, 11) is 0. The fraction of sp³-hybridized carbons (Fsp3) is 0.417. The van der Waals surface area contributed by atoms with Gasteiger partial charge >= 0.3 is 0 Å². The number of nitrogen functional groups attached to an aromatic ring is 1. The Balaban J connectivity index is 1.76. The highest BCUT2D eigenvalue weighted by atomic mass is 32.1. The smallest absolute Gasteiger partial charge is 0.243 e. The highest BCUT2D eigenvalue weighted by Gasteiger charge is 2.17. The Morgan fingerprint density at radius 3 is 2.70 bits per heavy atom. The van der Waals surface area contributed by atoms with Crippen LogP contribution in [0.5, 0.6) is 0 Å². The first-order valence-corrected chi connectivity index (χ1v) is 7.52. The minimum absolute atomic E-state index is 0.384. The first-order valence-electron chi connectivity index (χ1n) is 6.58. The summed E-state index contributed by atoms with van der Waals surface area (Å²) in [6, 6.07) is 2.07. The number of rotatable bonds is 5. The maximum atomic E-state index is 5.43. The number of thiophene rings is 1. The van der Waals surface area contributed by atoms with Gasteiger partial charge in [-0.3, -0.25) is 5.43 Å². The van der Waals surface area contributed by atoms with Gasteiger partial charge in [-0.25, -0.2) is 5.84 Å². The summed E-state index contributed by atoms with van der Waals surface area (Å²) in [5.41, 5.74) is 3.71. The van der Waals surface area contributed by atoms with Crippen LogP contribution < -0.4 is 21.5 Å². The molecule has 0 aliphatic carbocycles. The maximum absolute atomic E-state index is 5.43. The molecular weight excluding hydrogens is 274 g/mol. The molecular formula is C12H17N7S. The lowest BCUT2D eigenvalue weighted by molar-refractivity contribution is 0.876. The van der Waals surface area contributed by atoms with Crippen molar-refractivity contribution >= 4 is 29.2 Å². The molecule has 7 nitrogen and oxygen atoms in total. The number of hydrogen-bond donors (Lipinski definition) is 3. The van der Waals surface area contributed by atoms with E-state index in [9.17, 15) is 0 Å². The molecule has 1 aliphatic rings. The fourth-order valence-corrected chi connectivity index (χ4v) is 2.81. The van der Waals surface area contributed by atoms with Crippen molar-refractivity contribution in [3.63, 3.8) is 0 Å². The second kappa shape index (κ2) is 6.02. The Hall–Kier alpha value is -1.93. The van der Waals surface area contributed by atoms with Crippen molar-refractivity contribution in [3.8, 4) is 0 Å². The van der Waals surface area contributed by atoms with Crippen molar-refractivity contribution < 1.29 is 0 Å². The molecule has 0 spiro atoms. The second-order valence-electron chi connectivity index (χ2n) is 4.61. The van der Waals surface area contributed by atoms with Gasteiger partial charge in [-0.05, 0) is 35.2 Å². The van der Waals surface area contributed by atoms with E-state index in [0.29, 0.717) is 24.4 Å². The molecule has 8 heteroatoms. The molecule has 0 radical (unpaired) electrons. The highest BCUT2D eigenvalue weighted by molar-refractivity contribution is 7.07. The van der Waals surface area contributed by atoms with E-state index in [1.807, 2.05) is 5.38 Å². The van der Waals surface area contributed by atoms with Crippen LogP contribution in [0.25, 0.3) is 0 Å². The molecule has 0 bridgehead atoms. The molecule has 106 valence electrons. The standard InChI is InChI=1S/C12H17N7S/c13-18-11-15-10(14-7-9-3-6-20-8-9)16-12(17-11)19-4-1-2-5-19/h3,6,8H,1-2,4-5,7,13H2,(H2,14,15,16,17,18). The van der Waals surface area contributed by atoms with Crippen LogP contribution in [-0.2, 0) is 6.54 Å². The molecule has 2 aromatic rings. The van der Waals surface area contributed by atoms with E-state index in [1.165, 1.54) is 18.4 Å². The number of nitrogens with one attached hydrogen (secondary N) is 2. The molecule has 3 heterocycles. The SMILES string of the molecule is NNc1nc(NCc2ccsc2)nc(N2CCCC2)n1. The van der Waals surface area contributed by atoms with Crippen molar-refractivity contribution in [2.24, 2.45) is 5.84 Å². The summed E-state index contributed by atoms with van der Waals surface area (Å²) < 4.78 is 0. The number of hydrogen-bond acceptors (Lipinski definition) is 8. The van der Waals surface area contributed by atoms with Crippen LogP contribution in [0, 0.1) is 0 Å². The predicted octanol–water partition coefficient (Wildman–Crippen LogP) is 1.43. The molecule has 0 aromatic carbocycles. The van der Waals surface area contributed by atoms with Crippen LogP contribution in [0.1, 0.15) is 18.4 Å². The molecule has 1 saturated heterocycles. The molecule has 0 saturated carbocycles. The van der Waals surface area contributed by atoms with Crippen molar-refractivity contribution in [1.82, 2.24) is 15.0 Å². The molecule has 4 N–H and O–H groups in total. The number of nitrogens with zero attached hydrogens (tertiary/aromatic N) is 4. The lowest BCUT2D eigenvalue weighted by atomic mass is 10.3. The van der Waals surface area contributed by atoms with Crippen LogP contribution >= 0.6 is 11.3 Å². The predicted molar refractivity (Wildman–Crippen MR) is 80.7 cm³/mol. The molecule has 1 fully saturated rings. The van der Waals surface area contributed by atoms with Gasteiger partial charge in [0.05, 0.1) is 0 Å². The summed E-state index contributed by atoms with van der Waals surface area (Å²) in [5.74, 6) is 7.04. The molecule has 2 aromatic heterocycles. The lowest BCUT2D eigenvalue weighted by Gasteiger charge is -2.16. The third-order valence-corrected chi connectivity index (χ3v) is 3.90. The minimum atomic E-state index is 0.384. The third-order valence-electron chi connectivity index (χ3n) is 3.17. The van der Waals surface area contributed by atoms with Gasteiger partial charge in [0.25, 0.3) is 0 Å². The number of hydrazine groups is 1. The fourth-order valence-electron chi connectivity index (χ4n) is 2.14. The van der Waals surface area contributed by atoms with Gasteiger partial charge in [-0.1, -0.05) is 0 Å². The second-order valence-corrected chi connectivity index (χ2v) is 5.39. The third kappa shape index (κ3) is 2.97. The first-order chi connectivity index (χ1) is 9.85. The van der Waals surface area contributed by atoms with E-state index in [4.69, 9.17) is 5.84 Å². The van der Waals surface area contributed by atoms with Crippen LogP contribution in [0.15, 0.2) is 16.8 Å². The Bertz CT molecular complexity index is 551. The van der Waals surface area contributed by atoms with Crippen molar-refractivity contribution in [3.05, 3.63) is 22.4 Å². The Kier molecular flexibility index (Phi) is 3.93. The lowest BCUT2D eigenvalue weighted by Crippen LogP contribution is -2.23. The quantitative estimate of drug-likeness (QED) is 0.567. The summed E-state index contributed by atoms with van der Waals surface area (Å²) in [6.07, 6.45) is 2.35. The zero-order valence-electron chi connectivity index (χ0n) is 11.0. The summed E-state index contributed by atoms with van der Waals surface area (Å²) in [5, 5.41) is 7.35. The van der Waals surface area contributed by atoms with Crippen molar-refractivity contribution in [1.29, 1.82) is 0 Å². The van der Waals surface area contributed by atoms with Gasteiger partial charge in [0.1, 0.15) is 0 Å². The Labute approximate surface area is 121 Å². The highest BCUT2D eigenvalue weighted by Crippen LogP contribution is 2.18. The molecule has 3 rings (SSSR count). The van der Waals surface area contributed by atoms with Crippen LogP contribution in [0.3, 0.4) is 0 Å². The van der Waals surface area contributed by atoms with Gasteiger partial charge in [-0.15, -0.1) is 0 Å². The topological polar surface area (TPSA) is 92.0 Å². The molecule has 1 aliphatic heterocycles. The monoisotopic (exact) mass is 291 g/mol. The number of nitrogens with two attached hydrogens (primary N) is 1. The molecule has 0 atom stereocenters. The van der Waals surface area contributed by atoms with E-state index in [2.05, 4.69) is 42.0 Å². The van der Waals surface area contributed by atoms with Crippen molar-refractivity contribution in [2.75, 3.05) is 28.7 Å². The van der Waals surface area contributed by atoms with Gasteiger partial charge in [0, 0.05) is 19.6 Å². The van der Waals surface area contributed by atoms with Crippen molar-refractivity contribution in [2.45, 2.75) is 19.4 Å². The number of anilines is 3. The van der Waals surface area contributed by atoms with Crippen LogP contribution in [0.4, 0.5) is 17.8 Å². The largest absolute Gasteiger partial charge is 0.350 e.